The molecule has 0 spiro atoms. The highest BCUT2D eigenvalue weighted by atomic mass is 35.5. The number of halogens is 2. The summed E-state index contributed by atoms with van der Waals surface area (Å²) in [6.45, 7) is 3.99. The summed E-state index contributed by atoms with van der Waals surface area (Å²) < 4.78 is 5.01. The van der Waals surface area contributed by atoms with Gasteiger partial charge in [0.1, 0.15) is 0 Å². The van der Waals surface area contributed by atoms with Gasteiger partial charge in [-0.3, -0.25) is 9.59 Å². The summed E-state index contributed by atoms with van der Waals surface area (Å²) in [5.41, 5.74) is 2.16. The minimum absolute atomic E-state index is 0.0286. The summed E-state index contributed by atoms with van der Waals surface area (Å²) >= 11 is 12.0. The first-order chi connectivity index (χ1) is 11.9. The molecule has 0 unspecified atom stereocenters. The van der Waals surface area contributed by atoms with Gasteiger partial charge in [0.15, 0.2) is 0 Å². The van der Waals surface area contributed by atoms with Gasteiger partial charge in [0.2, 0.25) is 0 Å². The molecule has 2 aromatic rings. The molecule has 1 atom stereocenters. The number of carbonyl (C=O) groups excluding carboxylic acids is 2. The molecule has 0 aliphatic heterocycles. The van der Waals surface area contributed by atoms with Gasteiger partial charge in [-0.2, -0.15) is 0 Å². The first kappa shape index (κ1) is 19.3. The largest absolute Gasteiger partial charge is 0.466 e. The molecule has 0 aromatic heterocycles. The Labute approximate surface area is 157 Å². The summed E-state index contributed by atoms with van der Waals surface area (Å²) in [6, 6.07) is 11.7. The van der Waals surface area contributed by atoms with Crippen LogP contribution < -0.4 is 5.32 Å². The monoisotopic (exact) mass is 379 g/mol. The molecule has 6 heteroatoms. The molecular weight excluding hydrogens is 361 g/mol. The third-order valence-electron chi connectivity index (χ3n) is 3.63. The Kier molecular flexibility index (Phi) is 6.85. The topological polar surface area (TPSA) is 55.4 Å². The maximum Gasteiger partial charge on any atom is 0.308 e. The number of esters is 1. The molecular formula is C19H19Cl2NO3. The number of hydrogen-bond donors (Lipinski definition) is 1. The molecule has 0 bridgehead atoms. The van der Waals surface area contributed by atoms with E-state index in [2.05, 4.69) is 5.32 Å². The standard InChI is InChI=1S/C19H19Cl2NO3/c1-3-25-18(23)11-17(13-6-4-12(2)5-7-13)22-19(24)15-10-14(20)8-9-16(15)21/h4-10,17H,3,11H2,1-2H3,(H,22,24)/t17-/m0/s1. The van der Waals surface area contributed by atoms with Crippen LogP contribution in [0.15, 0.2) is 42.5 Å². The van der Waals surface area contributed by atoms with Crippen LogP contribution >= 0.6 is 23.2 Å². The number of benzene rings is 2. The van der Waals surface area contributed by atoms with Crippen LogP contribution in [0.25, 0.3) is 0 Å². The lowest BCUT2D eigenvalue weighted by molar-refractivity contribution is -0.143. The van der Waals surface area contributed by atoms with Crippen molar-refractivity contribution in [2.75, 3.05) is 6.61 Å². The van der Waals surface area contributed by atoms with Crippen LogP contribution in [0.3, 0.4) is 0 Å². The lowest BCUT2D eigenvalue weighted by atomic mass is 10.0. The fraction of sp³-hybridized carbons (Fsp3) is 0.263. The second-order valence-corrected chi connectivity index (χ2v) is 6.41. The highest BCUT2D eigenvalue weighted by Crippen LogP contribution is 2.23. The molecule has 0 heterocycles. The summed E-state index contributed by atoms with van der Waals surface area (Å²) in [6.07, 6.45) is 0.0286. The highest BCUT2D eigenvalue weighted by Gasteiger charge is 2.21. The maximum atomic E-state index is 12.6. The Morgan fingerprint density at radius 1 is 1.12 bits per heavy atom. The summed E-state index contributed by atoms with van der Waals surface area (Å²) in [7, 11) is 0. The summed E-state index contributed by atoms with van der Waals surface area (Å²) in [4.78, 5) is 24.5. The number of rotatable bonds is 6. The van der Waals surface area contributed by atoms with Crippen molar-refractivity contribution in [2.45, 2.75) is 26.3 Å². The number of ether oxygens (including phenoxy) is 1. The van der Waals surface area contributed by atoms with Gasteiger partial charge in [-0.1, -0.05) is 53.0 Å². The molecule has 0 aliphatic rings. The van der Waals surface area contributed by atoms with E-state index in [0.717, 1.165) is 11.1 Å². The maximum absolute atomic E-state index is 12.6. The number of amides is 1. The van der Waals surface area contributed by atoms with Gasteiger partial charge in [0, 0.05) is 5.02 Å². The third kappa shape index (κ3) is 5.48. The molecule has 25 heavy (non-hydrogen) atoms. The van der Waals surface area contributed by atoms with E-state index in [0.29, 0.717) is 10.0 Å². The van der Waals surface area contributed by atoms with Crippen LogP contribution in [0.4, 0.5) is 0 Å². The Morgan fingerprint density at radius 2 is 1.80 bits per heavy atom. The van der Waals surface area contributed by atoms with Crippen LogP contribution in [0.1, 0.15) is 40.9 Å². The SMILES string of the molecule is CCOC(=O)C[C@H](NC(=O)c1cc(Cl)ccc1Cl)c1ccc(C)cc1. The van der Waals surface area contributed by atoms with E-state index in [9.17, 15) is 9.59 Å². The molecule has 2 aromatic carbocycles. The van der Waals surface area contributed by atoms with E-state index in [1.54, 1.807) is 19.1 Å². The summed E-state index contributed by atoms with van der Waals surface area (Å²) in [5, 5.41) is 3.54. The number of hydrogen-bond acceptors (Lipinski definition) is 3. The number of aryl methyl sites for hydroxylation is 1. The van der Waals surface area contributed by atoms with E-state index in [1.165, 1.54) is 6.07 Å². The van der Waals surface area contributed by atoms with E-state index in [4.69, 9.17) is 27.9 Å². The van der Waals surface area contributed by atoms with Crippen LogP contribution in [-0.4, -0.2) is 18.5 Å². The van der Waals surface area contributed by atoms with Crippen molar-refractivity contribution in [1.82, 2.24) is 5.32 Å². The fourth-order valence-corrected chi connectivity index (χ4v) is 2.72. The van der Waals surface area contributed by atoms with Gasteiger partial charge < -0.3 is 10.1 Å². The van der Waals surface area contributed by atoms with Gasteiger partial charge in [0.05, 0.1) is 29.7 Å². The summed E-state index contributed by atoms with van der Waals surface area (Å²) in [5.74, 6) is -0.784. The molecule has 0 saturated heterocycles. The van der Waals surface area contributed by atoms with Gasteiger partial charge in [-0.25, -0.2) is 0 Å². The molecule has 4 nitrogen and oxygen atoms in total. The number of nitrogens with one attached hydrogen (secondary N) is 1. The van der Waals surface area contributed by atoms with Crippen molar-refractivity contribution in [1.29, 1.82) is 0 Å². The molecule has 2 rings (SSSR count). The smallest absolute Gasteiger partial charge is 0.308 e. The van der Waals surface area contributed by atoms with Gasteiger partial charge >= 0.3 is 5.97 Å². The lowest BCUT2D eigenvalue weighted by Crippen LogP contribution is -2.31. The normalized spacial score (nSPS) is 11.7. The Hall–Kier alpha value is -2.04. The zero-order valence-electron chi connectivity index (χ0n) is 14.0. The van der Waals surface area contributed by atoms with Crippen molar-refractivity contribution >= 4 is 35.1 Å². The van der Waals surface area contributed by atoms with Crippen molar-refractivity contribution in [3.8, 4) is 0 Å². The minimum atomic E-state index is -0.526. The van der Waals surface area contributed by atoms with E-state index < -0.39 is 11.9 Å². The first-order valence-electron chi connectivity index (χ1n) is 7.88. The zero-order valence-corrected chi connectivity index (χ0v) is 15.5. The minimum Gasteiger partial charge on any atom is -0.466 e. The lowest BCUT2D eigenvalue weighted by Gasteiger charge is -2.19. The van der Waals surface area contributed by atoms with E-state index >= 15 is 0 Å². The van der Waals surface area contributed by atoms with Crippen LogP contribution in [0.2, 0.25) is 10.0 Å². The van der Waals surface area contributed by atoms with Crippen LogP contribution in [-0.2, 0) is 9.53 Å². The first-order valence-corrected chi connectivity index (χ1v) is 8.64. The highest BCUT2D eigenvalue weighted by molar-refractivity contribution is 6.35. The van der Waals surface area contributed by atoms with Gasteiger partial charge in [-0.15, -0.1) is 0 Å². The van der Waals surface area contributed by atoms with Crippen molar-refractivity contribution in [3.63, 3.8) is 0 Å². The Bertz CT molecular complexity index is 760. The quantitative estimate of drug-likeness (QED) is 0.738. The fourth-order valence-electron chi connectivity index (χ4n) is 2.35. The third-order valence-corrected chi connectivity index (χ3v) is 4.20. The second kappa shape index (κ2) is 8.88. The van der Waals surface area contributed by atoms with E-state index in [-0.39, 0.29) is 24.6 Å². The molecule has 0 radical (unpaired) electrons. The predicted octanol–water partition coefficient (Wildman–Crippen LogP) is 4.73. The van der Waals surface area contributed by atoms with Gasteiger partial charge in [0.25, 0.3) is 5.91 Å². The molecule has 1 amide bonds. The average molecular weight is 380 g/mol. The van der Waals surface area contributed by atoms with Crippen LogP contribution in [0, 0.1) is 6.92 Å². The van der Waals surface area contributed by atoms with Crippen LogP contribution in [0.5, 0.6) is 0 Å². The van der Waals surface area contributed by atoms with Crippen molar-refractivity contribution < 1.29 is 14.3 Å². The number of carbonyl (C=O) groups is 2. The molecule has 1 N–H and O–H groups in total. The molecule has 0 fully saturated rings. The second-order valence-electron chi connectivity index (χ2n) is 5.57. The predicted molar refractivity (Wildman–Crippen MR) is 99.1 cm³/mol. The Morgan fingerprint density at radius 3 is 2.44 bits per heavy atom. The zero-order chi connectivity index (χ0) is 18.4. The molecule has 132 valence electrons. The molecule has 0 saturated carbocycles. The Balaban J connectivity index is 2.25. The average Bonchev–Trinajstić information content (AvgIpc) is 2.57. The van der Waals surface area contributed by atoms with Crippen molar-refractivity contribution in [2.24, 2.45) is 0 Å². The van der Waals surface area contributed by atoms with Crippen molar-refractivity contribution in [3.05, 3.63) is 69.2 Å². The molecule has 0 aliphatic carbocycles. The van der Waals surface area contributed by atoms with E-state index in [1.807, 2.05) is 31.2 Å². The van der Waals surface area contributed by atoms with Gasteiger partial charge in [-0.05, 0) is 37.6 Å².